The summed E-state index contributed by atoms with van der Waals surface area (Å²) >= 11 is 5.17. The van der Waals surface area contributed by atoms with Crippen molar-refractivity contribution in [3.05, 3.63) is 58.4 Å². The molecule has 1 fully saturated rings. The zero-order valence-corrected chi connectivity index (χ0v) is 17.3. The maximum absolute atomic E-state index is 13.1. The minimum atomic E-state index is -1.12. The number of carbonyl (C=O) groups is 3. The minimum Gasteiger partial charge on any atom is -0.478 e. The van der Waals surface area contributed by atoms with Crippen molar-refractivity contribution in [3.63, 3.8) is 0 Å². The average molecular weight is 411 g/mol. The van der Waals surface area contributed by atoms with Crippen LogP contribution in [0.4, 0.5) is 5.69 Å². The molecule has 150 valence electrons. The zero-order chi connectivity index (χ0) is 21.5. The van der Waals surface area contributed by atoms with Gasteiger partial charge in [-0.15, -0.1) is 0 Å². The number of nitrogens with one attached hydrogen (secondary N) is 1. The number of hydrogen-bond acceptors (Lipinski definition) is 4. The van der Waals surface area contributed by atoms with Crippen LogP contribution in [0.3, 0.4) is 0 Å². The maximum Gasteiger partial charge on any atom is 0.335 e. The van der Waals surface area contributed by atoms with Crippen molar-refractivity contribution in [1.29, 1.82) is 0 Å². The first kappa shape index (κ1) is 20.5. The fourth-order valence-corrected chi connectivity index (χ4v) is 3.85. The van der Waals surface area contributed by atoms with Crippen LogP contribution in [-0.2, 0) is 9.59 Å². The molecule has 0 bridgehead atoms. The van der Waals surface area contributed by atoms with E-state index in [0.29, 0.717) is 0 Å². The molecule has 7 nitrogen and oxygen atoms in total. The summed E-state index contributed by atoms with van der Waals surface area (Å²) in [6.07, 6.45) is 1.55. The first-order chi connectivity index (χ1) is 13.6. The highest BCUT2D eigenvalue weighted by Crippen LogP contribution is 2.26. The Kier molecular flexibility index (Phi) is 5.39. The number of rotatable bonds is 4. The molecule has 1 aromatic heterocycles. The summed E-state index contributed by atoms with van der Waals surface area (Å²) < 4.78 is 2.12. The molecule has 2 N–H and O–H groups in total. The summed E-state index contributed by atoms with van der Waals surface area (Å²) in [5.41, 5.74) is 2.96. The standard InChI is InChI=1S/C21H21N3O4S/c1-11(2)23-12(3)8-15(13(23)4)10-17-18(25)22-21(29)24(19(17)26)16-7-5-6-14(9-16)20(27)28/h5-11H,1-4H3,(H,27,28)(H,22,25,29). The second-order valence-electron chi connectivity index (χ2n) is 7.10. The summed E-state index contributed by atoms with van der Waals surface area (Å²) in [7, 11) is 0. The minimum absolute atomic E-state index is 0.0148. The van der Waals surface area contributed by atoms with E-state index in [4.69, 9.17) is 12.2 Å². The zero-order valence-electron chi connectivity index (χ0n) is 16.5. The number of thiocarbonyl (C=S) groups is 1. The number of benzene rings is 1. The molecule has 0 unspecified atom stereocenters. The molecule has 3 rings (SSSR count). The normalized spacial score (nSPS) is 16.0. The van der Waals surface area contributed by atoms with Gasteiger partial charge in [-0.25, -0.2) is 4.79 Å². The van der Waals surface area contributed by atoms with Crippen molar-refractivity contribution >= 4 is 46.9 Å². The predicted molar refractivity (Wildman–Crippen MR) is 114 cm³/mol. The van der Waals surface area contributed by atoms with E-state index >= 15 is 0 Å². The van der Waals surface area contributed by atoms with Crippen LogP contribution in [0.2, 0.25) is 0 Å². The van der Waals surface area contributed by atoms with Gasteiger partial charge in [0.1, 0.15) is 5.57 Å². The maximum atomic E-state index is 13.1. The molecule has 0 saturated carbocycles. The largest absolute Gasteiger partial charge is 0.478 e. The Bertz CT molecular complexity index is 1080. The van der Waals surface area contributed by atoms with E-state index in [1.807, 2.05) is 19.9 Å². The molecule has 1 saturated heterocycles. The van der Waals surface area contributed by atoms with E-state index in [0.717, 1.165) is 21.9 Å². The molecule has 0 atom stereocenters. The topological polar surface area (TPSA) is 91.6 Å². The van der Waals surface area contributed by atoms with Crippen molar-refractivity contribution in [2.75, 3.05) is 4.90 Å². The molecule has 0 radical (unpaired) electrons. The quantitative estimate of drug-likeness (QED) is 0.458. The van der Waals surface area contributed by atoms with Crippen LogP contribution in [0.5, 0.6) is 0 Å². The number of amides is 2. The van der Waals surface area contributed by atoms with Crippen molar-refractivity contribution in [2.24, 2.45) is 0 Å². The lowest BCUT2D eigenvalue weighted by molar-refractivity contribution is -0.122. The number of hydrogen-bond donors (Lipinski definition) is 2. The summed E-state index contributed by atoms with van der Waals surface area (Å²) in [6.45, 7) is 8.02. The SMILES string of the molecule is Cc1cc(C=C2C(=O)NC(=S)N(c3cccc(C(=O)O)c3)C2=O)c(C)n1C(C)C. The van der Waals surface area contributed by atoms with Crippen LogP contribution >= 0.6 is 12.2 Å². The lowest BCUT2D eigenvalue weighted by atomic mass is 10.1. The molecular weight excluding hydrogens is 390 g/mol. The third-order valence-corrected chi connectivity index (χ3v) is 5.08. The molecule has 0 aliphatic carbocycles. The van der Waals surface area contributed by atoms with Gasteiger partial charge < -0.3 is 9.67 Å². The lowest BCUT2D eigenvalue weighted by Crippen LogP contribution is -2.54. The second kappa shape index (κ2) is 7.63. The van der Waals surface area contributed by atoms with E-state index in [2.05, 4.69) is 23.7 Å². The van der Waals surface area contributed by atoms with Crippen molar-refractivity contribution < 1.29 is 19.5 Å². The average Bonchev–Trinajstić information content (AvgIpc) is 2.92. The monoisotopic (exact) mass is 411 g/mol. The number of nitrogens with zero attached hydrogens (tertiary/aromatic N) is 2. The number of aromatic nitrogens is 1. The van der Waals surface area contributed by atoms with Crippen LogP contribution in [0.15, 0.2) is 35.9 Å². The van der Waals surface area contributed by atoms with Gasteiger partial charge in [-0.05, 0) is 75.8 Å². The van der Waals surface area contributed by atoms with Gasteiger partial charge in [-0.3, -0.25) is 19.8 Å². The van der Waals surface area contributed by atoms with Gasteiger partial charge in [0.15, 0.2) is 5.11 Å². The smallest absolute Gasteiger partial charge is 0.335 e. The molecule has 2 heterocycles. The second-order valence-corrected chi connectivity index (χ2v) is 7.49. The molecule has 29 heavy (non-hydrogen) atoms. The molecule has 1 aromatic carbocycles. The van der Waals surface area contributed by atoms with Gasteiger partial charge >= 0.3 is 5.97 Å². The Hall–Kier alpha value is -3.26. The molecular formula is C21H21N3O4S. The summed E-state index contributed by atoms with van der Waals surface area (Å²) in [5.74, 6) is -2.31. The number of carboxylic acid groups (broad SMARTS) is 1. The van der Waals surface area contributed by atoms with E-state index < -0.39 is 17.8 Å². The molecule has 0 spiro atoms. The number of carboxylic acids is 1. The third kappa shape index (κ3) is 3.71. The highest BCUT2D eigenvalue weighted by atomic mass is 32.1. The number of aromatic carboxylic acids is 1. The van der Waals surface area contributed by atoms with Gasteiger partial charge in [-0.2, -0.15) is 0 Å². The van der Waals surface area contributed by atoms with E-state index in [-0.39, 0.29) is 28.0 Å². The van der Waals surface area contributed by atoms with E-state index in [9.17, 15) is 19.5 Å². The summed E-state index contributed by atoms with van der Waals surface area (Å²) in [6, 6.07) is 8.00. The van der Waals surface area contributed by atoms with Crippen LogP contribution in [0, 0.1) is 13.8 Å². The van der Waals surface area contributed by atoms with Crippen molar-refractivity contribution in [2.45, 2.75) is 33.7 Å². The van der Waals surface area contributed by atoms with Gasteiger partial charge in [0, 0.05) is 17.4 Å². The number of carbonyl (C=O) groups excluding carboxylic acids is 2. The number of anilines is 1. The third-order valence-electron chi connectivity index (χ3n) is 4.79. The van der Waals surface area contributed by atoms with Crippen molar-refractivity contribution in [3.8, 4) is 0 Å². The Labute approximate surface area is 173 Å². The molecule has 1 aliphatic rings. The molecule has 2 aromatic rings. The van der Waals surface area contributed by atoms with Crippen LogP contribution in [0.25, 0.3) is 6.08 Å². The Morgan fingerprint density at radius 3 is 2.48 bits per heavy atom. The fourth-order valence-electron chi connectivity index (χ4n) is 3.57. The van der Waals surface area contributed by atoms with Crippen molar-refractivity contribution in [1.82, 2.24) is 9.88 Å². The van der Waals surface area contributed by atoms with Gasteiger partial charge in [0.25, 0.3) is 11.8 Å². The highest BCUT2D eigenvalue weighted by molar-refractivity contribution is 7.80. The van der Waals surface area contributed by atoms with Crippen LogP contribution < -0.4 is 10.2 Å². The first-order valence-electron chi connectivity index (χ1n) is 9.05. The lowest BCUT2D eigenvalue weighted by Gasteiger charge is -2.29. The molecule has 2 amide bonds. The summed E-state index contributed by atoms with van der Waals surface area (Å²) in [5, 5.41) is 11.6. The van der Waals surface area contributed by atoms with Gasteiger partial charge in [0.2, 0.25) is 0 Å². The van der Waals surface area contributed by atoms with Crippen LogP contribution in [-0.4, -0.2) is 32.6 Å². The Morgan fingerprint density at radius 1 is 1.21 bits per heavy atom. The first-order valence-corrected chi connectivity index (χ1v) is 9.46. The summed E-state index contributed by atoms with van der Waals surface area (Å²) in [4.78, 5) is 38.0. The highest BCUT2D eigenvalue weighted by Gasteiger charge is 2.35. The van der Waals surface area contributed by atoms with E-state index in [1.165, 1.54) is 18.2 Å². The Balaban J connectivity index is 2.06. The fraction of sp³-hybridized carbons (Fsp3) is 0.238. The predicted octanol–water partition coefficient (Wildman–Crippen LogP) is 3.22. The number of aryl methyl sites for hydroxylation is 1. The molecule has 1 aliphatic heterocycles. The van der Waals surface area contributed by atoms with Gasteiger partial charge in [0.05, 0.1) is 11.3 Å². The van der Waals surface area contributed by atoms with E-state index in [1.54, 1.807) is 12.1 Å². The van der Waals surface area contributed by atoms with Crippen LogP contribution in [0.1, 0.15) is 47.2 Å². The molecule has 8 heteroatoms. The van der Waals surface area contributed by atoms with Gasteiger partial charge in [-0.1, -0.05) is 6.07 Å². The Morgan fingerprint density at radius 2 is 1.90 bits per heavy atom.